The van der Waals surface area contributed by atoms with E-state index < -0.39 is 6.04 Å². The number of carbonyl (C=O) groups excluding carboxylic acids is 2. The first-order valence-corrected chi connectivity index (χ1v) is 10.2. The molecular weight excluding hydrogens is 388 g/mol. The number of halogens is 1. The zero-order chi connectivity index (χ0) is 21.4. The zero-order valence-electron chi connectivity index (χ0n) is 17.4. The Morgan fingerprint density at radius 3 is 2.45 bits per heavy atom. The summed E-state index contributed by atoms with van der Waals surface area (Å²) in [4.78, 5) is 27.2. The highest BCUT2D eigenvalue weighted by atomic mass is 35.5. The fraction of sp³-hybridized carbons (Fsp3) is 0.391. The summed E-state index contributed by atoms with van der Waals surface area (Å²) in [5.74, 6) is 0.187. The Labute approximate surface area is 178 Å². The Morgan fingerprint density at radius 1 is 1.14 bits per heavy atom. The molecule has 2 amide bonds. The molecule has 156 valence electrons. The molecule has 0 aliphatic rings. The summed E-state index contributed by atoms with van der Waals surface area (Å²) in [6.45, 7) is 7.79. The van der Waals surface area contributed by atoms with Gasteiger partial charge in [0.15, 0.2) is 6.61 Å². The van der Waals surface area contributed by atoms with E-state index in [2.05, 4.69) is 5.32 Å². The maximum absolute atomic E-state index is 13.0. The molecule has 2 atom stereocenters. The molecule has 0 spiro atoms. The summed E-state index contributed by atoms with van der Waals surface area (Å²) in [6.07, 6.45) is 0.820. The fourth-order valence-electron chi connectivity index (χ4n) is 2.77. The Kier molecular flexibility index (Phi) is 8.52. The molecule has 2 aromatic carbocycles. The largest absolute Gasteiger partial charge is 0.484 e. The number of amides is 2. The van der Waals surface area contributed by atoms with Gasteiger partial charge in [0.25, 0.3) is 5.91 Å². The summed E-state index contributed by atoms with van der Waals surface area (Å²) < 4.78 is 5.67. The van der Waals surface area contributed by atoms with Crippen LogP contribution in [0, 0.1) is 6.92 Å². The maximum atomic E-state index is 13.0. The van der Waals surface area contributed by atoms with Gasteiger partial charge in [0.1, 0.15) is 11.8 Å². The van der Waals surface area contributed by atoms with Crippen molar-refractivity contribution in [3.8, 4) is 5.75 Å². The van der Waals surface area contributed by atoms with Gasteiger partial charge in [-0.15, -0.1) is 0 Å². The number of nitrogens with zero attached hydrogens (tertiary/aromatic N) is 1. The SMILES string of the molecule is CCC(C)NC(=O)C(C)N(Cc1ccc(Cl)cc1)C(=O)COc1cccc(C)c1. The minimum Gasteiger partial charge on any atom is -0.484 e. The predicted octanol–water partition coefficient (Wildman–Crippen LogP) is 4.36. The summed E-state index contributed by atoms with van der Waals surface area (Å²) in [6, 6.07) is 14.2. The molecule has 0 heterocycles. The van der Waals surface area contributed by atoms with Crippen LogP contribution < -0.4 is 10.1 Å². The van der Waals surface area contributed by atoms with E-state index in [1.165, 1.54) is 4.90 Å². The molecular formula is C23H29ClN2O3. The molecule has 1 N–H and O–H groups in total. The van der Waals surface area contributed by atoms with Gasteiger partial charge in [0, 0.05) is 17.6 Å². The summed E-state index contributed by atoms with van der Waals surface area (Å²) >= 11 is 5.96. The van der Waals surface area contributed by atoms with Crippen molar-refractivity contribution in [1.82, 2.24) is 10.2 Å². The van der Waals surface area contributed by atoms with Crippen LogP contribution in [0.25, 0.3) is 0 Å². The second kappa shape index (κ2) is 10.9. The van der Waals surface area contributed by atoms with Crippen molar-refractivity contribution in [3.05, 3.63) is 64.7 Å². The Balaban J connectivity index is 2.14. The number of ether oxygens (including phenoxy) is 1. The van der Waals surface area contributed by atoms with Crippen LogP contribution in [0.5, 0.6) is 5.75 Å². The van der Waals surface area contributed by atoms with E-state index in [9.17, 15) is 9.59 Å². The smallest absolute Gasteiger partial charge is 0.261 e. The summed E-state index contributed by atoms with van der Waals surface area (Å²) in [7, 11) is 0. The first-order valence-electron chi connectivity index (χ1n) is 9.84. The number of aryl methyl sites for hydroxylation is 1. The minimum absolute atomic E-state index is 0.0426. The molecule has 29 heavy (non-hydrogen) atoms. The Hall–Kier alpha value is -2.53. The molecule has 0 radical (unpaired) electrons. The van der Waals surface area contributed by atoms with Crippen LogP contribution in [-0.4, -0.2) is 35.4 Å². The Bertz CT molecular complexity index is 823. The summed E-state index contributed by atoms with van der Waals surface area (Å²) in [5, 5.41) is 3.57. The van der Waals surface area contributed by atoms with Crippen LogP contribution in [0.15, 0.2) is 48.5 Å². The van der Waals surface area contributed by atoms with Crippen LogP contribution in [-0.2, 0) is 16.1 Å². The van der Waals surface area contributed by atoms with Crippen LogP contribution >= 0.6 is 11.6 Å². The normalized spacial score (nSPS) is 12.7. The lowest BCUT2D eigenvalue weighted by molar-refractivity contribution is -0.142. The van der Waals surface area contributed by atoms with Gasteiger partial charge in [-0.2, -0.15) is 0 Å². The van der Waals surface area contributed by atoms with Crippen molar-refractivity contribution in [2.24, 2.45) is 0 Å². The molecule has 6 heteroatoms. The molecule has 5 nitrogen and oxygen atoms in total. The van der Waals surface area contributed by atoms with Gasteiger partial charge in [-0.1, -0.05) is 42.8 Å². The van der Waals surface area contributed by atoms with E-state index in [1.807, 2.05) is 57.2 Å². The highest BCUT2D eigenvalue weighted by Gasteiger charge is 2.27. The molecule has 2 unspecified atom stereocenters. The maximum Gasteiger partial charge on any atom is 0.261 e. The van der Waals surface area contributed by atoms with Gasteiger partial charge in [-0.25, -0.2) is 0 Å². The van der Waals surface area contributed by atoms with Gasteiger partial charge in [0.05, 0.1) is 0 Å². The van der Waals surface area contributed by atoms with Crippen LogP contribution in [0.3, 0.4) is 0 Å². The number of hydrogen-bond acceptors (Lipinski definition) is 3. The lowest BCUT2D eigenvalue weighted by Crippen LogP contribution is -2.50. The molecule has 0 aromatic heterocycles. The predicted molar refractivity (Wildman–Crippen MR) is 116 cm³/mol. The van der Waals surface area contributed by atoms with E-state index in [4.69, 9.17) is 16.3 Å². The Morgan fingerprint density at radius 2 is 1.83 bits per heavy atom. The number of carbonyl (C=O) groups is 2. The molecule has 0 bridgehead atoms. The number of hydrogen-bond donors (Lipinski definition) is 1. The fourth-order valence-corrected chi connectivity index (χ4v) is 2.89. The van der Waals surface area contributed by atoms with Gasteiger partial charge in [-0.3, -0.25) is 9.59 Å². The molecule has 0 aliphatic carbocycles. The van der Waals surface area contributed by atoms with Gasteiger partial charge >= 0.3 is 0 Å². The zero-order valence-corrected chi connectivity index (χ0v) is 18.2. The van der Waals surface area contributed by atoms with E-state index in [-0.39, 0.29) is 24.5 Å². The van der Waals surface area contributed by atoms with Gasteiger partial charge < -0.3 is 15.0 Å². The molecule has 2 rings (SSSR count). The van der Waals surface area contributed by atoms with Crippen LogP contribution in [0.4, 0.5) is 0 Å². The van der Waals surface area contributed by atoms with Crippen molar-refractivity contribution < 1.29 is 14.3 Å². The lowest BCUT2D eigenvalue weighted by Gasteiger charge is -2.29. The average Bonchev–Trinajstić information content (AvgIpc) is 2.71. The third-order valence-electron chi connectivity index (χ3n) is 4.79. The molecule has 0 aliphatic heterocycles. The molecule has 0 fully saturated rings. The van der Waals surface area contributed by atoms with Crippen LogP contribution in [0.1, 0.15) is 38.3 Å². The van der Waals surface area contributed by atoms with Crippen molar-refractivity contribution >= 4 is 23.4 Å². The average molecular weight is 417 g/mol. The van der Waals surface area contributed by atoms with Crippen molar-refractivity contribution in [1.29, 1.82) is 0 Å². The van der Waals surface area contributed by atoms with Crippen molar-refractivity contribution in [3.63, 3.8) is 0 Å². The lowest BCUT2D eigenvalue weighted by atomic mass is 10.1. The van der Waals surface area contributed by atoms with Gasteiger partial charge in [0.2, 0.25) is 5.91 Å². The number of nitrogens with one attached hydrogen (secondary N) is 1. The van der Waals surface area contributed by atoms with Crippen molar-refractivity contribution in [2.75, 3.05) is 6.61 Å². The second-order valence-corrected chi connectivity index (χ2v) is 7.68. The monoisotopic (exact) mass is 416 g/mol. The van der Waals surface area contributed by atoms with Crippen LogP contribution in [0.2, 0.25) is 5.02 Å². The number of rotatable bonds is 9. The molecule has 0 saturated carbocycles. The third kappa shape index (κ3) is 7.09. The topological polar surface area (TPSA) is 58.6 Å². The molecule has 0 saturated heterocycles. The van der Waals surface area contributed by atoms with E-state index in [0.717, 1.165) is 17.5 Å². The first kappa shape index (κ1) is 22.8. The first-order chi connectivity index (χ1) is 13.8. The highest BCUT2D eigenvalue weighted by Crippen LogP contribution is 2.16. The van der Waals surface area contributed by atoms with Crippen molar-refractivity contribution in [2.45, 2.75) is 52.7 Å². The van der Waals surface area contributed by atoms with E-state index in [1.54, 1.807) is 19.1 Å². The standard InChI is InChI=1S/C23H29ClN2O3/c1-5-17(3)25-23(28)18(4)26(14-19-9-11-20(24)12-10-19)22(27)15-29-21-8-6-7-16(2)13-21/h6-13,17-18H,5,14-15H2,1-4H3,(H,25,28). The van der Waals surface area contributed by atoms with E-state index >= 15 is 0 Å². The van der Waals surface area contributed by atoms with E-state index in [0.29, 0.717) is 17.3 Å². The van der Waals surface area contributed by atoms with Gasteiger partial charge in [-0.05, 0) is 62.6 Å². The number of benzene rings is 2. The third-order valence-corrected chi connectivity index (χ3v) is 5.04. The highest BCUT2D eigenvalue weighted by molar-refractivity contribution is 6.30. The summed E-state index contributed by atoms with van der Waals surface area (Å²) in [5.41, 5.74) is 1.94. The second-order valence-electron chi connectivity index (χ2n) is 7.25. The molecule has 2 aromatic rings. The minimum atomic E-state index is -0.631. The quantitative estimate of drug-likeness (QED) is 0.660.